The van der Waals surface area contributed by atoms with Crippen molar-refractivity contribution in [1.29, 1.82) is 0 Å². The number of hydrogen-bond acceptors (Lipinski definition) is 3. The Hall–Kier alpha value is -4.57. The van der Waals surface area contributed by atoms with Gasteiger partial charge in [0.25, 0.3) is 0 Å². The number of benzene rings is 6. The molecule has 0 spiro atoms. The summed E-state index contributed by atoms with van der Waals surface area (Å²) < 4.78 is 0. The molecule has 7 rings (SSSR count). The Morgan fingerprint density at radius 2 is 0.778 bits per heavy atom. The molecule has 3 nitrogen and oxygen atoms in total. The van der Waals surface area contributed by atoms with E-state index < -0.39 is 0 Å². The Morgan fingerprint density at radius 1 is 0.422 bits per heavy atom. The molecule has 0 amide bonds. The average molecular weight is 664 g/mol. The van der Waals surface area contributed by atoms with Gasteiger partial charge in [0, 0.05) is 21.9 Å². The summed E-state index contributed by atoms with van der Waals surface area (Å²) in [5.41, 5.74) is 7.02. The largest absolute Gasteiger partial charge is 0.245 e. The molecule has 7 aromatic rings. The minimum absolute atomic E-state index is 0.194. The van der Waals surface area contributed by atoms with E-state index in [1.54, 1.807) is 0 Å². The predicted octanol–water partition coefficient (Wildman–Crippen LogP) is 11.1. The average Bonchev–Trinajstić information content (AvgIpc) is 3.11. The van der Waals surface area contributed by atoms with Gasteiger partial charge in [-0.05, 0) is 35.0 Å². The third kappa shape index (κ3) is 7.23. The molecule has 0 fully saturated rings. The molecule has 0 aliphatic rings. The van der Waals surface area contributed by atoms with E-state index >= 15 is 0 Å². The minimum Gasteiger partial charge on any atom is -0.245 e. The van der Waals surface area contributed by atoms with E-state index in [1.807, 2.05) is 54.6 Å². The zero-order valence-electron chi connectivity index (χ0n) is 24.0. The molecule has 0 bridgehead atoms. The smallest absolute Gasteiger partial charge is 0.0966 e. The number of nitrogens with zero attached hydrogens (tertiary/aromatic N) is 3. The molecule has 1 heterocycles. The zero-order valence-corrected chi connectivity index (χ0v) is 26.7. The molecule has 1 aromatic heterocycles. The van der Waals surface area contributed by atoms with Gasteiger partial charge in [-0.25, -0.2) is 15.0 Å². The van der Waals surface area contributed by atoms with Crippen LogP contribution in [0.15, 0.2) is 174 Å². The Bertz CT molecular complexity index is 1950. The SMILES string of the molecule is [Cl][Fe][Cl].c1ccc(C(=Nc2cccc3ccccc23)c2cccc(C(=Nc3cccc4ccccc34)c3ccccc3)n2)cc1. The monoisotopic (exact) mass is 663 g/mol. The van der Waals surface area contributed by atoms with Crippen LogP contribution >= 0.6 is 20.2 Å². The van der Waals surface area contributed by atoms with E-state index in [1.165, 1.54) is 0 Å². The van der Waals surface area contributed by atoms with Crippen molar-refractivity contribution >= 4 is 64.5 Å². The van der Waals surface area contributed by atoms with Gasteiger partial charge in [-0.2, -0.15) is 0 Å². The van der Waals surface area contributed by atoms with Gasteiger partial charge in [-0.15, -0.1) is 0 Å². The second-order valence-corrected chi connectivity index (χ2v) is 11.9. The molecule has 6 heteroatoms. The number of aromatic nitrogens is 1. The summed E-state index contributed by atoms with van der Waals surface area (Å²) in [5.74, 6) is 0. The fraction of sp³-hybridized carbons (Fsp3) is 0. The maximum atomic E-state index is 5.24. The maximum Gasteiger partial charge on any atom is 0.0966 e. The third-order valence-electron chi connectivity index (χ3n) is 7.33. The van der Waals surface area contributed by atoms with E-state index in [9.17, 15) is 0 Å². The summed E-state index contributed by atoms with van der Waals surface area (Å²) >= 11 is 0.194. The van der Waals surface area contributed by atoms with E-state index in [4.69, 9.17) is 35.2 Å². The number of aliphatic imine (C=N–C) groups is 2. The number of halogens is 2. The first-order chi connectivity index (χ1) is 22.2. The Kier molecular flexibility index (Phi) is 10.1. The van der Waals surface area contributed by atoms with Gasteiger partial charge in [-0.1, -0.05) is 140 Å². The topological polar surface area (TPSA) is 37.6 Å². The number of rotatable bonds is 6. The van der Waals surface area contributed by atoms with E-state index in [0.29, 0.717) is 0 Å². The van der Waals surface area contributed by atoms with Crippen LogP contribution in [0.25, 0.3) is 21.5 Å². The van der Waals surface area contributed by atoms with Crippen LogP contribution in [0.5, 0.6) is 0 Å². The fourth-order valence-electron chi connectivity index (χ4n) is 5.28. The van der Waals surface area contributed by atoms with Crippen molar-refractivity contribution in [3.63, 3.8) is 0 Å². The van der Waals surface area contributed by atoms with Gasteiger partial charge in [0.05, 0.1) is 34.2 Å². The van der Waals surface area contributed by atoms with Crippen LogP contribution in [0.1, 0.15) is 22.5 Å². The molecular weight excluding hydrogens is 637 g/mol. The van der Waals surface area contributed by atoms with Crippen molar-refractivity contribution in [2.75, 3.05) is 0 Å². The summed E-state index contributed by atoms with van der Waals surface area (Å²) in [6, 6.07) is 55.8. The molecule has 0 N–H and O–H groups in total. The van der Waals surface area contributed by atoms with Crippen molar-refractivity contribution in [3.8, 4) is 0 Å². The molecule has 0 atom stereocenters. The summed E-state index contributed by atoms with van der Waals surface area (Å²) in [5, 5.41) is 4.52. The van der Waals surface area contributed by atoms with Gasteiger partial charge in [0.1, 0.15) is 0 Å². The quantitative estimate of drug-likeness (QED) is 0.129. The maximum absolute atomic E-state index is 5.24. The van der Waals surface area contributed by atoms with Crippen LogP contribution in [0.4, 0.5) is 11.4 Å². The first-order valence-electron chi connectivity index (χ1n) is 14.3. The Balaban J connectivity index is 0.00000115. The Labute approximate surface area is 277 Å². The van der Waals surface area contributed by atoms with Crippen molar-refractivity contribution in [2.24, 2.45) is 9.98 Å². The third-order valence-corrected chi connectivity index (χ3v) is 7.33. The molecule has 220 valence electrons. The molecule has 6 aromatic carbocycles. The summed E-state index contributed by atoms with van der Waals surface area (Å²) in [6.45, 7) is 0. The zero-order chi connectivity index (χ0) is 30.8. The predicted molar refractivity (Wildman–Crippen MR) is 187 cm³/mol. The van der Waals surface area contributed by atoms with E-state index in [-0.39, 0.29) is 13.1 Å². The molecule has 0 saturated heterocycles. The molecule has 0 unspecified atom stereocenters. The van der Waals surface area contributed by atoms with Crippen molar-refractivity contribution in [1.82, 2.24) is 4.98 Å². The van der Waals surface area contributed by atoms with E-state index in [2.05, 4.69) is 109 Å². The van der Waals surface area contributed by atoms with Gasteiger partial charge in [-0.3, -0.25) is 0 Å². The first kappa shape index (κ1) is 30.5. The number of pyridine rings is 1. The molecule has 0 saturated carbocycles. The number of hydrogen-bond donors (Lipinski definition) is 0. The standard InChI is InChI=1S/C39H27N3.2ClH.Fe/c1-3-16-30(17-4-1)38(41-34-24-11-20-28-14-7-9-22-32(28)34)36-26-13-27-37(40-36)39(31-18-5-2-6-19-31)42-35-25-12-21-29-15-8-10-23-33(29)35;;;/h1-27H;2*1H;/q;;;+2/p-2. The number of fused-ring (bicyclic) bond motifs is 2. The normalized spacial score (nSPS) is 11.8. The fourth-order valence-corrected chi connectivity index (χ4v) is 5.28. The summed E-state index contributed by atoms with van der Waals surface area (Å²) in [7, 11) is 9.53. The molecule has 0 aliphatic carbocycles. The first-order valence-corrected chi connectivity index (χ1v) is 17.4. The van der Waals surface area contributed by atoms with Crippen molar-refractivity contribution in [2.45, 2.75) is 0 Å². The van der Waals surface area contributed by atoms with Gasteiger partial charge in [0.2, 0.25) is 0 Å². The second kappa shape index (κ2) is 14.9. The van der Waals surface area contributed by atoms with Crippen molar-refractivity contribution in [3.05, 3.63) is 186 Å². The van der Waals surface area contributed by atoms with Crippen LogP contribution in [0.2, 0.25) is 0 Å². The molecule has 0 aliphatic heterocycles. The van der Waals surface area contributed by atoms with Crippen LogP contribution in [0, 0.1) is 0 Å². The molecule has 45 heavy (non-hydrogen) atoms. The van der Waals surface area contributed by atoms with E-state index in [0.717, 1.165) is 66.9 Å². The van der Waals surface area contributed by atoms with Crippen LogP contribution in [-0.2, 0) is 13.1 Å². The van der Waals surface area contributed by atoms with Gasteiger partial charge >= 0.3 is 33.3 Å². The summed E-state index contributed by atoms with van der Waals surface area (Å²) in [6.07, 6.45) is 0. The summed E-state index contributed by atoms with van der Waals surface area (Å²) in [4.78, 5) is 15.7. The Morgan fingerprint density at radius 3 is 1.22 bits per heavy atom. The van der Waals surface area contributed by atoms with Crippen LogP contribution < -0.4 is 0 Å². The second-order valence-electron chi connectivity index (χ2n) is 10.1. The van der Waals surface area contributed by atoms with Crippen LogP contribution in [0.3, 0.4) is 0 Å². The minimum atomic E-state index is 0.194. The molecular formula is C39H27Cl2FeN3. The van der Waals surface area contributed by atoms with Crippen molar-refractivity contribution < 1.29 is 13.1 Å². The van der Waals surface area contributed by atoms with Gasteiger partial charge in [0.15, 0.2) is 0 Å². The van der Waals surface area contributed by atoms with Gasteiger partial charge < -0.3 is 0 Å². The van der Waals surface area contributed by atoms with Crippen LogP contribution in [-0.4, -0.2) is 16.4 Å². The molecule has 0 radical (unpaired) electrons.